The highest BCUT2D eigenvalue weighted by Crippen LogP contribution is 2.14. The molecule has 1 aliphatic rings. The summed E-state index contributed by atoms with van der Waals surface area (Å²) in [4.78, 5) is 28.7. The van der Waals surface area contributed by atoms with Crippen molar-refractivity contribution in [3.8, 4) is 0 Å². The van der Waals surface area contributed by atoms with Crippen molar-refractivity contribution in [2.75, 3.05) is 38.0 Å². The summed E-state index contributed by atoms with van der Waals surface area (Å²) in [6.07, 6.45) is 1.22. The molecule has 148 valence electrons. The van der Waals surface area contributed by atoms with E-state index in [0.29, 0.717) is 43.2 Å². The largest absolute Gasteiger partial charge is 0.337 e. The van der Waals surface area contributed by atoms with E-state index in [0.717, 1.165) is 18.7 Å². The molecule has 0 unspecified atom stereocenters. The van der Waals surface area contributed by atoms with E-state index in [1.54, 1.807) is 29.2 Å². The summed E-state index contributed by atoms with van der Waals surface area (Å²) in [5.74, 6) is -0.483. The number of hydrogen-bond acceptors (Lipinski definition) is 3. The van der Waals surface area contributed by atoms with Crippen LogP contribution in [0, 0.1) is 5.82 Å². The van der Waals surface area contributed by atoms with Gasteiger partial charge in [0.15, 0.2) is 0 Å². The van der Waals surface area contributed by atoms with Crippen molar-refractivity contribution in [2.45, 2.75) is 12.8 Å². The summed E-state index contributed by atoms with van der Waals surface area (Å²) < 4.78 is 13.0. The number of rotatable bonds is 5. The highest BCUT2D eigenvalue weighted by Gasteiger charge is 2.20. The second-order valence-corrected chi connectivity index (χ2v) is 7.24. The van der Waals surface area contributed by atoms with E-state index in [-0.39, 0.29) is 17.6 Å². The van der Waals surface area contributed by atoms with Crippen LogP contribution in [-0.4, -0.2) is 54.3 Å². The first-order chi connectivity index (χ1) is 13.5. The number of carbonyl (C=O) groups is 2. The van der Waals surface area contributed by atoms with E-state index in [9.17, 15) is 14.0 Å². The lowest BCUT2D eigenvalue weighted by molar-refractivity contribution is -0.116. The van der Waals surface area contributed by atoms with E-state index in [1.165, 1.54) is 24.3 Å². The predicted molar refractivity (Wildman–Crippen MR) is 108 cm³/mol. The molecule has 0 bridgehead atoms. The highest BCUT2D eigenvalue weighted by molar-refractivity contribution is 6.30. The Labute approximate surface area is 169 Å². The van der Waals surface area contributed by atoms with Crippen molar-refractivity contribution in [2.24, 2.45) is 0 Å². The molecule has 2 amide bonds. The molecule has 0 aromatic heterocycles. The zero-order valence-electron chi connectivity index (χ0n) is 15.5. The lowest BCUT2D eigenvalue weighted by atomic mass is 10.2. The number of benzene rings is 2. The van der Waals surface area contributed by atoms with Crippen molar-refractivity contribution in [3.63, 3.8) is 0 Å². The Kier molecular flexibility index (Phi) is 7.01. The number of hydrogen-bond donors (Lipinski definition) is 1. The summed E-state index contributed by atoms with van der Waals surface area (Å²) in [7, 11) is 0. The monoisotopic (exact) mass is 403 g/mol. The zero-order chi connectivity index (χ0) is 19.9. The summed E-state index contributed by atoms with van der Waals surface area (Å²) in [6.45, 7) is 3.43. The molecule has 2 aromatic rings. The molecule has 2 aromatic carbocycles. The first-order valence-corrected chi connectivity index (χ1v) is 9.72. The van der Waals surface area contributed by atoms with Gasteiger partial charge in [-0.25, -0.2) is 4.39 Å². The molecule has 1 N–H and O–H groups in total. The van der Waals surface area contributed by atoms with Crippen molar-refractivity contribution < 1.29 is 14.0 Å². The van der Waals surface area contributed by atoms with Gasteiger partial charge in [0.25, 0.3) is 5.91 Å². The Morgan fingerprint density at radius 2 is 1.68 bits per heavy atom. The van der Waals surface area contributed by atoms with Crippen LogP contribution in [0.5, 0.6) is 0 Å². The Hall–Kier alpha value is -2.44. The van der Waals surface area contributed by atoms with Crippen LogP contribution in [-0.2, 0) is 4.79 Å². The predicted octanol–water partition coefficient (Wildman–Crippen LogP) is 3.66. The standard InChI is InChI=1S/C21H23ClFN3O2/c22-17-4-8-19(9-5-17)24-20(27)10-13-25-11-1-12-26(15-14-25)21(28)16-2-6-18(23)7-3-16/h2-9H,1,10-15H2,(H,24,27). The minimum atomic E-state index is -0.351. The molecule has 5 nitrogen and oxygen atoms in total. The summed E-state index contributed by atoms with van der Waals surface area (Å²) in [5.41, 5.74) is 1.22. The Morgan fingerprint density at radius 3 is 2.39 bits per heavy atom. The van der Waals surface area contributed by atoms with Gasteiger partial charge in [0.05, 0.1) is 0 Å². The Morgan fingerprint density at radius 1 is 0.964 bits per heavy atom. The normalized spacial score (nSPS) is 15.1. The van der Waals surface area contributed by atoms with Crippen LogP contribution >= 0.6 is 11.6 Å². The van der Waals surface area contributed by atoms with Gasteiger partial charge in [-0.1, -0.05) is 11.6 Å². The van der Waals surface area contributed by atoms with Gasteiger partial charge < -0.3 is 15.1 Å². The molecule has 1 saturated heterocycles. The van der Waals surface area contributed by atoms with Crippen molar-refractivity contribution >= 4 is 29.1 Å². The fraction of sp³-hybridized carbons (Fsp3) is 0.333. The Balaban J connectivity index is 1.45. The maximum atomic E-state index is 13.0. The van der Waals surface area contributed by atoms with Gasteiger partial charge in [0, 0.05) is 48.9 Å². The van der Waals surface area contributed by atoms with E-state index < -0.39 is 0 Å². The third-order valence-corrected chi connectivity index (χ3v) is 5.00. The summed E-state index contributed by atoms with van der Waals surface area (Å²) in [5, 5.41) is 3.49. The summed E-state index contributed by atoms with van der Waals surface area (Å²) >= 11 is 5.84. The van der Waals surface area contributed by atoms with Crippen molar-refractivity contribution in [3.05, 3.63) is 64.9 Å². The van der Waals surface area contributed by atoms with Gasteiger partial charge in [0.1, 0.15) is 5.82 Å². The molecule has 0 aliphatic carbocycles. The third-order valence-electron chi connectivity index (χ3n) is 4.75. The second-order valence-electron chi connectivity index (χ2n) is 6.80. The van der Waals surface area contributed by atoms with Crippen molar-refractivity contribution in [1.82, 2.24) is 9.80 Å². The van der Waals surface area contributed by atoms with E-state index in [2.05, 4.69) is 10.2 Å². The number of nitrogens with one attached hydrogen (secondary N) is 1. The first-order valence-electron chi connectivity index (χ1n) is 9.34. The Bertz CT molecular complexity index is 811. The van der Waals surface area contributed by atoms with Crippen LogP contribution in [0.1, 0.15) is 23.2 Å². The second kappa shape index (κ2) is 9.66. The maximum Gasteiger partial charge on any atom is 0.253 e. The lowest BCUT2D eigenvalue weighted by Crippen LogP contribution is -2.36. The zero-order valence-corrected chi connectivity index (χ0v) is 16.3. The molecule has 7 heteroatoms. The van der Waals surface area contributed by atoms with Gasteiger partial charge in [0.2, 0.25) is 5.91 Å². The maximum absolute atomic E-state index is 13.0. The lowest BCUT2D eigenvalue weighted by Gasteiger charge is -2.22. The minimum Gasteiger partial charge on any atom is -0.337 e. The van der Waals surface area contributed by atoms with Crippen LogP contribution in [0.15, 0.2) is 48.5 Å². The summed E-state index contributed by atoms with van der Waals surface area (Å²) in [6, 6.07) is 12.6. The van der Waals surface area contributed by atoms with Gasteiger partial charge in [-0.2, -0.15) is 0 Å². The number of nitrogens with zero attached hydrogens (tertiary/aromatic N) is 2. The SMILES string of the molecule is O=C(CCN1CCCN(C(=O)c2ccc(F)cc2)CC1)Nc1ccc(Cl)cc1. The van der Waals surface area contributed by atoms with E-state index >= 15 is 0 Å². The van der Waals surface area contributed by atoms with E-state index in [4.69, 9.17) is 11.6 Å². The molecular weight excluding hydrogens is 381 g/mol. The molecule has 1 aliphatic heterocycles. The molecule has 0 saturated carbocycles. The molecular formula is C21H23ClFN3O2. The smallest absolute Gasteiger partial charge is 0.253 e. The molecule has 0 spiro atoms. The molecule has 1 fully saturated rings. The van der Waals surface area contributed by atoms with Gasteiger partial charge in [-0.05, 0) is 61.5 Å². The number of halogens is 2. The number of amides is 2. The molecule has 0 radical (unpaired) electrons. The highest BCUT2D eigenvalue weighted by atomic mass is 35.5. The first kappa shape index (κ1) is 20.3. The topological polar surface area (TPSA) is 52.7 Å². The average Bonchev–Trinajstić information content (AvgIpc) is 2.94. The van der Waals surface area contributed by atoms with Gasteiger partial charge in [-0.3, -0.25) is 9.59 Å². The van der Waals surface area contributed by atoms with Crippen molar-refractivity contribution in [1.29, 1.82) is 0 Å². The van der Waals surface area contributed by atoms with Crippen LogP contribution in [0.25, 0.3) is 0 Å². The third kappa shape index (κ3) is 5.78. The average molecular weight is 404 g/mol. The minimum absolute atomic E-state index is 0.0502. The van der Waals surface area contributed by atoms with Gasteiger partial charge >= 0.3 is 0 Å². The van der Waals surface area contributed by atoms with Crippen LogP contribution < -0.4 is 5.32 Å². The van der Waals surface area contributed by atoms with Gasteiger partial charge in [-0.15, -0.1) is 0 Å². The fourth-order valence-electron chi connectivity index (χ4n) is 3.19. The van der Waals surface area contributed by atoms with E-state index in [1.807, 2.05) is 0 Å². The molecule has 0 atom stereocenters. The van der Waals surface area contributed by atoms with Crippen LogP contribution in [0.2, 0.25) is 5.02 Å². The number of carbonyl (C=O) groups excluding carboxylic acids is 2. The van der Waals surface area contributed by atoms with Crippen LogP contribution in [0.4, 0.5) is 10.1 Å². The molecule has 1 heterocycles. The quantitative estimate of drug-likeness (QED) is 0.829. The fourth-order valence-corrected chi connectivity index (χ4v) is 3.32. The molecule has 3 rings (SSSR count). The van der Waals surface area contributed by atoms with Crippen LogP contribution in [0.3, 0.4) is 0 Å². The molecule has 28 heavy (non-hydrogen) atoms. The number of anilines is 1.